The zero-order valence-corrected chi connectivity index (χ0v) is 6.78. The van der Waals surface area contributed by atoms with E-state index in [1.54, 1.807) is 19.1 Å². The molecule has 11 heavy (non-hydrogen) atoms. The summed E-state index contributed by atoms with van der Waals surface area (Å²) < 4.78 is 10.3. The third kappa shape index (κ3) is 1.62. The van der Waals surface area contributed by atoms with Crippen molar-refractivity contribution in [3.8, 4) is 6.19 Å². The van der Waals surface area contributed by atoms with E-state index in [4.69, 9.17) is 14.7 Å². The molecule has 1 rings (SSSR count). The largest absolute Gasteiger partial charge is 0.377 e. The van der Waals surface area contributed by atoms with E-state index in [1.807, 2.05) is 0 Å². The Morgan fingerprint density at radius 3 is 2.00 bits per heavy atom. The van der Waals surface area contributed by atoms with Crippen molar-refractivity contribution in [1.29, 1.82) is 5.26 Å². The van der Waals surface area contributed by atoms with Crippen LogP contribution in [0.2, 0.25) is 0 Å². The van der Waals surface area contributed by atoms with Gasteiger partial charge in [-0.05, 0) is 0 Å². The highest BCUT2D eigenvalue weighted by molar-refractivity contribution is 4.91. The Labute approximate surface area is 66.3 Å². The Hall–Kier alpha value is -0.790. The third-order valence-corrected chi connectivity index (χ3v) is 1.96. The first-order valence-corrected chi connectivity index (χ1v) is 3.52. The van der Waals surface area contributed by atoms with Gasteiger partial charge < -0.3 is 14.4 Å². The van der Waals surface area contributed by atoms with Gasteiger partial charge in [0.25, 0.3) is 0 Å². The highest BCUT2D eigenvalue weighted by Crippen LogP contribution is 2.13. The number of nitrogens with zero attached hydrogens (tertiary/aromatic N) is 2. The van der Waals surface area contributed by atoms with Crippen LogP contribution in [0.1, 0.15) is 0 Å². The van der Waals surface area contributed by atoms with Crippen molar-refractivity contribution < 1.29 is 9.47 Å². The minimum Gasteiger partial charge on any atom is -0.377 e. The Morgan fingerprint density at radius 2 is 1.73 bits per heavy atom. The van der Waals surface area contributed by atoms with E-state index in [0.717, 1.165) is 0 Å². The smallest absolute Gasteiger partial charge is 0.179 e. The molecule has 2 unspecified atom stereocenters. The maximum atomic E-state index is 8.56. The molecule has 0 amide bonds. The predicted octanol–water partition coefficient (Wildman–Crippen LogP) is -0.187. The van der Waals surface area contributed by atoms with E-state index in [0.29, 0.717) is 13.1 Å². The number of rotatable bonds is 2. The van der Waals surface area contributed by atoms with Crippen LogP contribution in [-0.2, 0) is 9.47 Å². The summed E-state index contributed by atoms with van der Waals surface area (Å²) in [6.07, 6.45) is 2.15. The quantitative estimate of drug-likeness (QED) is 0.520. The highest BCUT2D eigenvalue weighted by Gasteiger charge is 2.32. The summed E-state index contributed by atoms with van der Waals surface area (Å²) in [5.74, 6) is 0. The lowest BCUT2D eigenvalue weighted by atomic mass is 10.3. The monoisotopic (exact) mass is 156 g/mol. The van der Waals surface area contributed by atoms with Gasteiger partial charge >= 0.3 is 0 Å². The molecule has 0 N–H and O–H groups in total. The maximum Gasteiger partial charge on any atom is 0.179 e. The van der Waals surface area contributed by atoms with E-state index in [-0.39, 0.29) is 12.2 Å². The lowest BCUT2D eigenvalue weighted by molar-refractivity contribution is -0.00461. The fraction of sp³-hybridized carbons (Fsp3) is 0.857. The molecule has 62 valence electrons. The van der Waals surface area contributed by atoms with E-state index in [1.165, 1.54) is 0 Å². The number of methoxy groups -OCH3 is 2. The first-order chi connectivity index (χ1) is 5.31. The maximum absolute atomic E-state index is 8.56. The van der Waals surface area contributed by atoms with Crippen LogP contribution >= 0.6 is 0 Å². The van der Waals surface area contributed by atoms with E-state index in [2.05, 4.69) is 6.19 Å². The van der Waals surface area contributed by atoms with Crippen LogP contribution in [0.4, 0.5) is 0 Å². The van der Waals surface area contributed by atoms with Gasteiger partial charge in [-0.25, -0.2) is 0 Å². The van der Waals surface area contributed by atoms with Crippen LogP contribution in [0.25, 0.3) is 0 Å². The molecule has 4 nitrogen and oxygen atoms in total. The molecular formula is C7H12N2O2. The summed E-state index contributed by atoms with van der Waals surface area (Å²) in [6, 6.07) is 0. The minimum atomic E-state index is 0.0413. The number of hydrogen-bond donors (Lipinski definition) is 0. The predicted molar refractivity (Wildman–Crippen MR) is 38.8 cm³/mol. The summed E-state index contributed by atoms with van der Waals surface area (Å²) in [5, 5.41) is 8.56. The molecule has 1 aliphatic heterocycles. The van der Waals surface area contributed by atoms with Crippen molar-refractivity contribution in [2.24, 2.45) is 0 Å². The van der Waals surface area contributed by atoms with Crippen LogP contribution < -0.4 is 0 Å². The SMILES string of the molecule is COC1CN(C#N)CC1OC. The van der Waals surface area contributed by atoms with Crippen LogP contribution in [0, 0.1) is 11.5 Å². The van der Waals surface area contributed by atoms with Gasteiger partial charge in [0.05, 0.1) is 13.1 Å². The second-order valence-corrected chi connectivity index (χ2v) is 2.55. The van der Waals surface area contributed by atoms with E-state index < -0.39 is 0 Å². The molecule has 0 bridgehead atoms. The van der Waals surface area contributed by atoms with Crippen molar-refractivity contribution in [2.45, 2.75) is 12.2 Å². The summed E-state index contributed by atoms with van der Waals surface area (Å²) in [4.78, 5) is 1.64. The average Bonchev–Trinajstić information content (AvgIpc) is 2.46. The van der Waals surface area contributed by atoms with E-state index in [9.17, 15) is 0 Å². The fourth-order valence-corrected chi connectivity index (χ4v) is 1.28. The Kier molecular flexibility index (Phi) is 2.69. The molecule has 2 atom stereocenters. The van der Waals surface area contributed by atoms with Gasteiger partial charge in [-0.2, -0.15) is 5.26 Å². The molecule has 0 spiro atoms. The molecule has 4 heteroatoms. The molecule has 0 saturated carbocycles. The second-order valence-electron chi connectivity index (χ2n) is 2.55. The van der Waals surface area contributed by atoms with Crippen LogP contribution in [-0.4, -0.2) is 44.4 Å². The van der Waals surface area contributed by atoms with Gasteiger partial charge in [-0.1, -0.05) is 0 Å². The Balaban J connectivity index is 2.49. The van der Waals surface area contributed by atoms with Gasteiger partial charge in [0, 0.05) is 14.2 Å². The summed E-state index contributed by atoms with van der Waals surface area (Å²) >= 11 is 0. The van der Waals surface area contributed by atoms with Crippen LogP contribution in [0.3, 0.4) is 0 Å². The molecule has 1 saturated heterocycles. The summed E-state index contributed by atoms with van der Waals surface area (Å²) in [7, 11) is 3.27. The molecular weight excluding hydrogens is 144 g/mol. The lowest BCUT2D eigenvalue weighted by Crippen LogP contribution is -2.27. The Morgan fingerprint density at radius 1 is 1.27 bits per heavy atom. The third-order valence-electron chi connectivity index (χ3n) is 1.96. The standard InChI is InChI=1S/C7H12N2O2/c1-10-6-3-9(5-8)4-7(6)11-2/h6-7H,3-4H2,1-2H3. The molecule has 1 fully saturated rings. The first-order valence-electron chi connectivity index (χ1n) is 3.52. The highest BCUT2D eigenvalue weighted by atomic mass is 16.5. The summed E-state index contributed by atoms with van der Waals surface area (Å²) in [6.45, 7) is 1.29. The van der Waals surface area contributed by atoms with Gasteiger partial charge in [0.15, 0.2) is 6.19 Å². The average molecular weight is 156 g/mol. The second kappa shape index (κ2) is 3.56. The first kappa shape index (κ1) is 8.31. The molecule has 0 aromatic rings. The molecule has 0 aromatic heterocycles. The minimum absolute atomic E-state index is 0.0413. The molecule has 0 radical (unpaired) electrons. The molecule has 1 heterocycles. The molecule has 1 aliphatic rings. The zero-order valence-electron chi connectivity index (χ0n) is 6.78. The normalized spacial score (nSPS) is 30.5. The van der Waals surface area contributed by atoms with Gasteiger partial charge in [0.1, 0.15) is 12.2 Å². The topological polar surface area (TPSA) is 45.5 Å². The number of nitriles is 1. The van der Waals surface area contributed by atoms with E-state index >= 15 is 0 Å². The van der Waals surface area contributed by atoms with Gasteiger partial charge in [-0.3, -0.25) is 0 Å². The van der Waals surface area contributed by atoms with Gasteiger partial charge in [0.2, 0.25) is 0 Å². The number of hydrogen-bond acceptors (Lipinski definition) is 4. The zero-order chi connectivity index (χ0) is 8.27. The van der Waals surface area contributed by atoms with Crippen LogP contribution in [0.15, 0.2) is 0 Å². The number of ether oxygens (including phenoxy) is 2. The Bertz CT molecular complexity index is 154. The molecule has 0 aromatic carbocycles. The van der Waals surface area contributed by atoms with Gasteiger partial charge in [-0.15, -0.1) is 0 Å². The lowest BCUT2D eigenvalue weighted by Gasteiger charge is -2.13. The number of likely N-dealkylation sites (tertiary alicyclic amines) is 1. The van der Waals surface area contributed by atoms with Crippen molar-refractivity contribution in [2.75, 3.05) is 27.3 Å². The summed E-state index contributed by atoms with van der Waals surface area (Å²) in [5.41, 5.74) is 0. The van der Waals surface area contributed by atoms with Crippen molar-refractivity contribution in [3.05, 3.63) is 0 Å². The fourth-order valence-electron chi connectivity index (χ4n) is 1.28. The molecule has 0 aliphatic carbocycles. The van der Waals surface area contributed by atoms with Crippen molar-refractivity contribution in [3.63, 3.8) is 0 Å². The van der Waals surface area contributed by atoms with Crippen LogP contribution in [0.5, 0.6) is 0 Å². The van der Waals surface area contributed by atoms with Crippen molar-refractivity contribution >= 4 is 0 Å². The van der Waals surface area contributed by atoms with Crippen molar-refractivity contribution in [1.82, 2.24) is 4.90 Å².